The minimum Gasteiger partial charge on any atom is -0.483 e. The van der Waals surface area contributed by atoms with Crippen molar-refractivity contribution < 1.29 is 19.1 Å². The largest absolute Gasteiger partial charge is 0.483 e. The maximum atomic E-state index is 12.4. The number of carbonyl (C=O) groups is 2. The smallest absolute Gasteiger partial charge is 0.307 e. The molecule has 1 atom stereocenters. The molecule has 1 aromatic heterocycles. The van der Waals surface area contributed by atoms with Crippen molar-refractivity contribution in [2.24, 2.45) is 0 Å². The molecule has 140 valence electrons. The number of halogens is 1. The van der Waals surface area contributed by atoms with Crippen LogP contribution in [-0.2, 0) is 14.3 Å². The Morgan fingerprint density at radius 1 is 1.15 bits per heavy atom. The Morgan fingerprint density at radius 2 is 1.96 bits per heavy atom. The van der Waals surface area contributed by atoms with Crippen LogP contribution >= 0.6 is 27.3 Å². The molecule has 1 unspecified atom stereocenters. The highest BCUT2D eigenvalue weighted by Gasteiger charge is 2.20. The van der Waals surface area contributed by atoms with Gasteiger partial charge in [-0.3, -0.25) is 9.59 Å². The molecular formula is C20H18BrNO4S. The fourth-order valence-electron chi connectivity index (χ4n) is 2.67. The fraction of sp³-hybridized carbons (Fsp3) is 0.200. The molecule has 2 aromatic carbocycles. The van der Waals surface area contributed by atoms with Crippen molar-refractivity contribution in [3.05, 3.63) is 63.3 Å². The first kappa shape index (κ1) is 19.4. The number of nitrogens with one attached hydrogen (secondary N) is 1. The second-order valence-electron chi connectivity index (χ2n) is 5.80. The normalized spacial score (nSPS) is 11.8. The van der Waals surface area contributed by atoms with Gasteiger partial charge in [-0.15, -0.1) is 11.3 Å². The summed E-state index contributed by atoms with van der Waals surface area (Å²) in [5.41, 5.74) is 0. The minimum atomic E-state index is -0.436. The van der Waals surface area contributed by atoms with Gasteiger partial charge in [-0.1, -0.05) is 36.4 Å². The molecule has 0 saturated heterocycles. The number of hydrogen-bond acceptors (Lipinski definition) is 5. The second-order valence-corrected chi connectivity index (χ2v) is 7.58. The zero-order valence-electron chi connectivity index (χ0n) is 14.6. The van der Waals surface area contributed by atoms with E-state index in [-0.39, 0.29) is 24.9 Å². The Kier molecular flexibility index (Phi) is 6.47. The van der Waals surface area contributed by atoms with E-state index in [0.29, 0.717) is 5.75 Å². The van der Waals surface area contributed by atoms with Crippen LogP contribution in [0.25, 0.3) is 10.8 Å². The van der Waals surface area contributed by atoms with Crippen molar-refractivity contribution in [3.8, 4) is 5.75 Å². The molecule has 0 fully saturated rings. The number of esters is 1. The van der Waals surface area contributed by atoms with Gasteiger partial charge in [0.15, 0.2) is 6.61 Å². The van der Waals surface area contributed by atoms with E-state index in [1.165, 1.54) is 18.4 Å². The molecule has 7 heteroatoms. The predicted molar refractivity (Wildman–Crippen MR) is 109 cm³/mol. The van der Waals surface area contributed by atoms with E-state index >= 15 is 0 Å². The predicted octanol–water partition coefficient (Wildman–Crippen LogP) is 4.46. The maximum absolute atomic E-state index is 12.4. The summed E-state index contributed by atoms with van der Waals surface area (Å²) in [6.07, 6.45) is 0.0718. The van der Waals surface area contributed by atoms with E-state index in [4.69, 9.17) is 9.47 Å². The Morgan fingerprint density at radius 3 is 2.70 bits per heavy atom. The zero-order valence-corrected chi connectivity index (χ0v) is 17.0. The van der Waals surface area contributed by atoms with Crippen LogP contribution < -0.4 is 10.1 Å². The first-order chi connectivity index (χ1) is 13.1. The highest BCUT2D eigenvalue weighted by Crippen LogP contribution is 2.33. The molecule has 0 radical (unpaired) electrons. The number of methoxy groups -OCH3 is 1. The Bertz CT molecular complexity index is 942. The van der Waals surface area contributed by atoms with Crippen molar-refractivity contribution in [3.63, 3.8) is 0 Å². The minimum absolute atomic E-state index is 0.0718. The fourth-order valence-corrected chi connectivity index (χ4v) is 4.05. The lowest BCUT2D eigenvalue weighted by Gasteiger charge is -2.17. The molecule has 1 amide bonds. The van der Waals surface area contributed by atoms with Gasteiger partial charge in [-0.25, -0.2) is 0 Å². The van der Waals surface area contributed by atoms with Crippen molar-refractivity contribution >= 4 is 49.9 Å². The summed E-state index contributed by atoms with van der Waals surface area (Å²) in [4.78, 5) is 24.9. The molecule has 3 aromatic rings. The number of hydrogen-bond donors (Lipinski definition) is 1. The summed E-state index contributed by atoms with van der Waals surface area (Å²) >= 11 is 5.01. The maximum Gasteiger partial charge on any atom is 0.307 e. The highest BCUT2D eigenvalue weighted by atomic mass is 79.9. The molecule has 5 nitrogen and oxygen atoms in total. The molecule has 0 saturated carbocycles. The number of carbonyl (C=O) groups excluding carboxylic acids is 2. The van der Waals surface area contributed by atoms with Gasteiger partial charge in [0.2, 0.25) is 0 Å². The number of benzene rings is 2. The quantitative estimate of drug-likeness (QED) is 0.542. The van der Waals surface area contributed by atoms with Crippen molar-refractivity contribution in [2.45, 2.75) is 12.5 Å². The monoisotopic (exact) mass is 447 g/mol. The second kappa shape index (κ2) is 9.01. The molecule has 1 N–H and O–H groups in total. The van der Waals surface area contributed by atoms with Crippen LogP contribution in [-0.4, -0.2) is 25.6 Å². The average Bonchev–Trinajstić information content (AvgIpc) is 3.22. The third-order valence-corrected chi connectivity index (χ3v) is 5.81. The highest BCUT2D eigenvalue weighted by molar-refractivity contribution is 9.10. The van der Waals surface area contributed by atoms with E-state index in [0.717, 1.165) is 20.1 Å². The van der Waals surface area contributed by atoms with Crippen LogP contribution in [0.5, 0.6) is 5.75 Å². The molecular weight excluding hydrogens is 430 g/mol. The van der Waals surface area contributed by atoms with Gasteiger partial charge >= 0.3 is 5.97 Å². The Hall–Kier alpha value is -2.38. The summed E-state index contributed by atoms with van der Waals surface area (Å²) < 4.78 is 11.2. The molecule has 1 heterocycles. The van der Waals surface area contributed by atoms with Crippen LogP contribution in [0.4, 0.5) is 0 Å². The molecule has 0 aliphatic carbocycles. The third kappa shape index (κ3) is 4.87. The molecule has 0 bridgehead atoms. The van der Waals surface area contributed by atoms with Gasteiger partial charge < -0.3 is 14.8 Å². The van der Waals surface area contributed by atoms with Crippen LogP contribution in [0.1, 0.15) is 17.3 Å². The number of rotatable bonds is 7. The van der Waals surface area contributed by atoms with Gasteiger partial charge in [-0.2, -0.15) is 0 Å². The van der Waals surface area contributed by atoms with Crippen molar-refractivity contribution in [1.82, 2.24) is 5.32 Å². The molecule has 0 aliphatic rings. The van der Waals surface area contributed by atoms with Gasteiger partial charge in [0, 0.05) is 4.88 Å². The first-order valence-corrected chi connectivity index (χ1v) is 9.95. The van der Waals surface area contributed by atoms with Crippen LogP contribution in [0.15, 0.2) is 58.4 Å². The Labute approximate surface area is 169 Å². The van der Waals surface area contributed by atoms with E-state index < -0.39 is 6.04 Å². The number of amides is 1. The van der Waals surface area contributed by atoms with E-state index in [9.17, 15) is 9.59 Å². The number of fused-ring (bicyclic) bond motifs is 1. The third-order valence-electron chi connectivity index (χ3n) is 4.01. The topological polar surface area (TPSA) is 64.6 Å². The van der Waals surface area contributed by atoms with Gasteiger partial charge in [0.1, 0.15) is 5.75 Å². The van der Waals surface area contributed by atoms with Crippen LogP contribution in [0.3, 0.4) is 0 Å². The number of ether oxygens (including phenoxy) is 2. The lowest BCUT2D eigenvalue weighted by atomic mass is 10.1. The van der Waals surface area contributed by atoms with Crippen LogP contribution in [0, 0.1) is 0 Å². The summed E-state index contributed by atoms with van der Waals surface area (Å²) in [6.45, 7) is -0.153. The molecule has 0 aliphatic heterocycles. The van der Waals surface area contributed by atoms with Gasteiger partial charge in [0.05, 0.1) is 24.0 Å². The van der Waals surface area contributed by atoms with E-state index in [1.807, 2.05) is 53.9 Å². The number of thiophene rings is 1. The summed E-state index contributed by atoms with van der Waals surface area (Å²) in [5.74, 6) is -0.103. The van der Waals surface area contributed by atoms with E-state index in [2.05, 4.69) is 21.2 Å². The summed E-state index contributed by atoms with van der Waals surface area (Å²) in [7, 11) is 1.33. The lowest BCUT2D eigenvalue weighted by molar-refractivity contribution is -0.141. The lowest BCUT2D eigenvalue weighted by Crippen LogP contribution is -2.33. The van der Waals surface area contributed by atoms with Gasteiger partial charge in [-0.05, 0) is 44.2 Å². The summed E-state index contributed by atoms with van der Waals surface area (Å²) in [6, 6.07) is 15.0. The Balaban J connectivity index is 1.66. The summed E-state index contributed by atoms with van der Waals surface area (Å²) in [5, 5.41) is 6.83. The SMILES string of the molecule is COC(=O)CC(NC(=O)COc1ccc2ccccc2c1Br)c1cccs1. The first-order valence-electron chi connectivity index (χ1n) is 8.28. The molecule has 27 heavy (non-hydrogen) atoms. The van der Waals surface area contributed by atoms with E-state index in [1.54, 1.807) is 0 Å². The van der Waals surface area contributed by atoms with Crippen molar-refractivity contribution in [2.75, 3.05) is 13.7 Å². The van der Waals surface area contributed by atoms with Gasteiger partial charge in [0.25, 0.3) is 5.91 Å². The zero-order chi connectivity index (χ0) is 19.2. The van der Waals surface area contributed by atoms with Crippen LogP contribution in [0.2, 0.25) is 0 Å². The van der Waals surface area contributed by atoms with Crippen molar-refractivity contribution in [1.29, 1.82) is 0 Å². The molecule has 0 spiro atoms. The molecule has 3 rings (SSSR count). The average molecular weight is 448 g/mol. The standard InChI is InChI=1S/C20H18BrNO4S/c1-25-19(24)11-15(17-7-4-10-27-17)22-18(23)12-26-16-9-8-13-5-2-3-6-14(13)20(16)21/h2-10,15H,11-12H2,1H3,(H,22,23).